The van der Waals surface area contributed by atoms with Crippen molar-refractivity contribution in [2.24, 2.45) is 0 Å². The number of nitrogens with zero attached hydrogens (tertiary/aromatic N) is 2. The Kier molecular flexibility index (Phi) is 4.39. The van der Waals surface area contributed by atoms with Gasteiger partial charge in [-0.2, -0.15) is 0 Å². The molecule has 0 saturated heterocycles. The zero-order valence-electron chi connectivity index (χ0n) is 14.8. The maximum Gasteiger partial charge on any atom is 0.322 e. The molecule has 1 aromatic heterocycles. The number of aryl methyl sites for hydroxylation is 1. The van der Waals surface area contributed by atoms with E-state index >= 15 is 0 Å². The number of amides is 2. The smallest absolute Gasteiger partial charge is 0.322 e. The number of rotatable bonds is 2. The first kappa shape index (κ1) is 17.3. The van der Waals surface area contributed by atoms with Crippen molar-refractivity contribution in [1.29, 1.82) is 0 Å². The summed E-state index contributed by atoms with van der Waals surface area (Å²) < 4.78 is 30.0. The van der Waals surface area contributed by atoms with Gasteiger partial charge in [0.2, 0.25) is 0 Å². The minimum Gasteiger partial charge on any atom is -0.348 e. The molecule has 2 aromatic carbocycles. The van der Waals surface area contributed by atoms with E-state index in [2.05, 4.69) is 9.88 Å². The predicted octanol–water partition coefficient (Wildman–Crippen LogP) is 4.71. The molecule has 0 aliphatic carbocycles. The molecule has 138 valence electrons. The Hall–Kier alpha value is -3.15. The van der Waals surface area contributed by atoms with E-state index in [1.807, 2.05) is 49.5 Å². The van der Waals surface area contributed by atoms with Crippen LogP contribution in [0.1, 0.15) is 22.9 Å². The molecule has 0 spiro atoms. The quantitative estimate of drug-likeness (QED) is 0.700. The van der Waals surface area contributed by atoms with E-state index in [1.54, 1.807) is 4.90 Å². The highest BCUT2D eigenvalue weighted by Crippen LogP contribution is 2.33. The number of para-hydroxylation sites is 1. The van der Waals surface area contributed by atoms with E-state index in [9.17, 15) is 13.6 Å². The van der Waals surface area contributed by atoms with E-state index in [1.165, 1.54) is 6.07 Å². The SMILES string of the molecule is Cc1ccc(C2c3cccn3CCN2C(=O)Nc2c(F)cccc2F)cc1. The third kappa shape index (κ3) is 3.18. The zero-order chi connectivity index (χ0) is 19.0. The highest BCUT2D eigenvalue weighted by molar-refractivity contribution is 5.90. The Morgan fingerprint density at radius 3 is 2.41 bits per heavy atom. The number of benzene rings is 2. The molecule has 2 heterocycles. The van der Waals surface area contributed by atoms with Crippen molar-refractivity contribution in [1.82, 2.24) is 9.47 Å². The number of carbonyl (C=O) groups excluding carboxylic acids is 1. The molecule has 0 saturated carbocycles. The van der Waals surface area contributed by atoms with Gasteiger partial charge in [0.25, 0.3) is 0 Å². The third-order valence-corrected chi connectivity index (χ3v) is 4.89. The molecule has 0 radical (unpaired) electrons. The number of halogens is 2. The largest absolute Gasteiger partial charge is 0.348 e. The number of urea groups is 1. The number of fused-ring (bicyclic) bond motifs is 1. The standard InChI is InChI=1S/C21H19F2N3O/c1-14-7-9-15(10-8-14)20-18-6-3-11-25(18)12-13-26(20)21(27)24-19-16(22)4-2-5-17(19)23/h2-11,20H,12-13H2,1H3,(H,24,27). The van der Waals surface area contributed by atoms with Gasteiger partial charge in [-0.1, -0.05) is 35.9 Å². The van der Waals surface area contributed by atoms with Crippen LogP contribution in [0.4, 0.5) is 19.3 Å². The summed E-state index contributed by atoms with van der Waals surface area (Å²) in [6, 6.07) is 14.5. The molecule has 3 aromatic rings. The number of hydrogen-bond acceptors (Lipinski definition) is 1. The predicted molar refractivity (Wildman–Crippen MR) is 99.5 cm³/mol. The van der Waals surface area contributed by atoms with Gasteiger partial charge in [0, 0.05) is 25.0 Å². The monoisotopic (exact) mass is 367 g/mol. The highest BCUT2D eigenvalue weighted by atomic mass is 19.1. The van der Waals surface area contributed by atoms with Gasteiger partial charge in [-0.15, -0.1) is 0 Å². The summed E-state index contributed by atoms with van der Waals surface area (Å²) in [6.45, 7) is 3.05. The van der Waals surface area contributed by atoms with Crippen LogP contribution in [0.25, 0.3) is 0 Å². The van der Waals surface area contributed by atoms with E-state index in [0.717, 1.165) is 29.0 Å². The summed E-state index contributed by atoms with van der Waals surface area (Å²) in [5.41, 5.74) is 2.61. The van der Waals surface area contributed by atoms with Gasteiger partial charge in [-0.25, -0.2) is 13.6 Å². The second-order valence-corrected chi connectivity index (χ2v) is 6.66. The molecule has 1 atom stereocenters. The molecule has 0 bridgehead atoms. The van der Waals surface area contributed by atoms with Crippen molar-refractivity contribution in [3.05, 3.63) is 89.2 Å². The average molecular weight is 367 g/mol. The summed E-state index contributed by atoms with van der Waals surface area (Å²) >= 11 is 0. The summed E-state index contributed by atoms with van der Waals surface area (Å²) in [5, 5.41) is 2.41. The lowest BCUT2D eigenvalue weighted by Crippen LogP contribution is -2.44. The third-order valence-electron chi connectivity index (χ3n) is 4.89. The van der Waals surface area contributed by atoms with Crippen LogP contribution in [0.5, 0.6) is 0 Å². The zero-order valence-corrected chi connectivity index (χ0v) is 14.8. The molecule has 1 aliphatic rings. The van der Waals surface area contributed by atoms with E-state index in [0.29, 0.717) is 13.1 Å². The average Bonchev–Trinajstić information content (AvgIpc) is 3.13. The number of nitrogens with one attached hydrogen (secondary N) is 1. The van der Waals surface area contributed by atoms with Crippen LogP contribution in [0.2, 0.25) is 0 Å². The summed E-state index contributed by atoms with van der Waals surface area (Å²) in [5.74, 6) is -1.59. The van der Waals surface area contributed by atoms with Crippen molar-refractivity contribution < 1.29 is 13.6 Å². The molecule has 0 fully saturated rings. The molecular weight excluding hydrogens is 348 g/mol. The van der Waals surface area contributed by atoms with Crippen LogP contribution in [0, 0.1) is 18.6 Å². The van der Waals surface area contributed by atoms with Crippen molar-refractivity contribution in [3.8, 4) is 0 Å². The van der Waals surface area contributed by atoms with Gasteiger partial charge >= 0.3 is 6.03 Å². The second kappa shape index (κ2) is 6.87. The Bertz CT molecular complexity index is 961. The Labute approximate surface area is 156 Å². The van der Waals surface area contributed by atoms with Gasteiger partial charge in [-0.3, -0.25) is 0 Å². The minimum atomic E-state index is -0.796. The molecule has 4 nitrogen and oxygen atoms in total. The van der Waals surface area contributed by atoms with E-state index in [-0.39, 0.29) is 6.04 Å². The highest BCUT2D eigenvalue weighted by Gasteiger charge is 2.32. The lowest BCUT2D eigenvalue weighted by Gasteiger charge is -2.37. The van der Waals surface area contributed by atoms with Gasteiger partial charge in [0.05, 0.1) is 6.04 Å². The fraction of sp³-hybridized carbons (Fsp3) is 0.190. The van der Waals surface area contributed by atoms with Crippen LogP contribution >= 0.6 is 0 Å². The molecule has 1 N–H and O–H groups in total. The lowest BCUT2D eigenvalue weighted by atomic mass is 9.99. The Balaban J connectivity index is 1.70. The van der Waals surface area contributed by atoms with Crippen LogP contribution in [0.15, 0.2) is 60.8 Å². The minimum absolute atomic E-state index is 0.329. The Morgan fingerprint density at radius 2 is 1.70 bits per heavy atom. The van der Waals surface area contributed by atoms with Crippen LogP contribution < -0.4 is 5.32 Å². The maximum absolute atomic E-state index is 14.0. The first-order chi connectivity index (χ1) is 13.0. The van der Waals surface area contributed by atoms with Crippen LogP contribution in [-0.2, 0) is 6.54 Å². The first-order valence-electron chi connectivity index (χ1n) is 8.78. The summed E-state index contributed by atoms with van der Waals surface area (Å²) in [7, 11) is 0. The molecule has 1 unspecified atom stereocenters. The van der Waals surface area contributed by atoms with Crippen molar-refractivity contribution >= 4 is 11.7 Å². The maximum atomic E-state index is 14.0. The summed E-state index contributed by atoms with van der Waals surface area (Å²) in [4.78, 5) is 14.5. The molecule has 1 aliphatic heterocycles. The topological polar surface area (TPSA) is 37.3 Å². The van der Waals surface area contributed by atoms with Gasteiger partial charge < -0.3 is 14.8 Å². The normalized spacial score (nSPS) is 16.1. The van der Waals surface area contributed by atoms with Gasteiger partial charge in [0.1, 0.15) is 17.3 Å². The van der Waals surface area contributed by atoms with E-state index < -0.39 is 23.4 Å². The number of anilines is 1. The number of aromatic nitrogens is 1. The van der Waals surface area contributed by atoms with Crippen LogP contribution in [0.3, 0.4) is 0 Å². The van der Waals surface area contributed by atoms with Crippen molar-refractivity contribution in [2.75, 3.05) is 11.9 Å². The first-order valence-corrected chi connectivity index (χ1v) is 8.78. The fourth-order valence-electron chi connectivity index (χ4n) is 3.50. The molecule has 6 heteroatoms. The van der Waals surface area contributed by atoms with Gasteiger partial charge in [0.15, 0.2) is 0 Å². The fourth-order valence-corrected chi connectivity index (χ4v) is 3.50. The van der Waals surface area contributed by atoms with Gasteiger partial charge in [-0.05, 0) is 36.8 Å². The number of carbonyl (C=O) groups is 1. The van der Waals surface area contributed by atoms with Crippen molar-refractivity contribution in [3.63, 3.8) is 0 Å². The second-order valence-electron chi connectivity index (χ2n) is 6.66. The molecule has 4 rings (SSSR count). The van der Waals surface area contributed by atoms with Crippen LogP contribution in [-0.4, -0.2) is 22.0 Å². The molecule has 27 heavy (non-hydrogen) atoms. The number of hydrogen-bond donors (Lipinski definition) is 1. The summed E-state index contributed by atoms with van der Waals surface area (Å²) in [6.07, 6.45) is 1.97. The molecular formula is C21H19F2N3O. The van der Waals surface area contributed by atoms with Crippen molar-refractivity contribution in [2.45, 2.75) is 19.5 Å². The lowest BCUT2D eigenvalue weighted by molar-refractivity contribution is 0.181. The van der Waals surface area contributed by atoms with E-state index in [4.69, 9.17) is 0 Å². The Morgan fingerprint density at radius 1 is 1.00 bits per heavy atom. The molecule has 2 amide bonds.